The van der Waals surface area contributed by atoms with E-state index in [0.29, 0.717) is 38.5 Å². The molecule has 0 atom stereocenters. The number of carbonyl (C=O) groups is 2. The van der Waals surface area contributed by atoms with E-state index in [0.717, 1.165) is 16.5 Å². The van der Waals surface area contributed by atoms with Crippen LogP contribution in [-0.2, 0) is 9.59 Å². The topological polar surface area (TPSA) is 83.6 Å². The zero-order chi connectivity index (χ0) is 21.3. The van der Waals surface area contributed by atoms with E-state index in [4.69, 9.17) is 33.4 Å². The molecule has 3 aromatic rings. The third kappa shape index (κ3) is 4.26. The number of thiocarbonyl (C=S) groups is 1. The normalized spacial score (nSPS) is 15.5. The van der Waals surface area contributed by atoms with E-state index >= 15 is 0 Å². The SMILES string of the molecule is O=C(O)CCCN1C(=O)/C(=C\c2ccc3noc(-c4ccc(Cl)cc4)c3c2)SC1=S. The molecule has 1 N–H and O–H groups in total. The third-order valence-corrected chi connectivity index (χ3v) is 6.18. The van der Waals surface area contributed by atoms with E-state index in [1.165, 1.54) is 16.7 Å². The van der Waals surface area contributed by atoms with Crippen molar-refractivity contribution in [2.45, 2.75) is 12.8 Å². The van der Waals surface area contributed by atoms with Gasteiger partial charge in [0, 0.05) is 23.6 Å². The molecule has 1 aliphatic rings. The third-order valence-electron chi connectivity index (χ3n) is 4.55. The van der Waals surface area contributed by atoms with Crippen molar-refractivity contribution in [2.24, 2.45) is 0 Å². The van der Waals surface area contributed by atoms with Crippen molar-refractivity contribution < 1.29 is 19.2 Å². The highest BCUT2D eigenvalue weighted by Gasteiger charge is 2.31. The quantitative estimate of drug-likeness (QED) is 0.400. The molecule has 2 aromatic carbocycles. The van der Waals surface area contributed by atoms with E-state index in [-0.39, 0.29) is 12.3 Å². The second-order valence-corrected chi connectivity index (χ2v) is 8.74. The summed E-state index contributed by atoms with van der Waals surface area (Å²) in [7, 11) is 0. The van der Waals surface area contributed by atoms with Crippen molar-refractivity contribution in [1.29, 1.82) is 0 Å². The number of benzene rings is 2. The number of carbonyl (C=O) groups excluding carboxylic acids is 1. The number of thioether (sulfide) groups is 1. The van der Waals surface area contributed by atoms with Gasteiger partial charge in [-0.05, 0) is 54.5 Å². The van der Waals surface area contributed by atoms with Gasteiger partial charge in [0.1, 0.15) is 9.84 Å². The van der Waals surface area contributed by atoms with Crippen LogP contribution in [0.3, 0.4) is 0 Å². The monoisotopic (exact) mass is 458 g/mol. The summed E-state index contributed by atoms with van der Waals surface area (Å²) in [6.07, 6.45) is 2.12. The molecule has 1 saturated heterocycles. The van der Waals surface area contributed by atoms with Gasteiger partial charge in [-0.2, -0.15) is 0 Å². The molecular weight excluding hydrogens is 444 g/mol. The first-order valence-electron chi connectivity index (χ1n) is 9.05. The number of rotatable bonds is 6. The van der Waals surface area contributed by atoms with E-state index in [1.54, 1.807) is 18.2 Å². The zero-order valence-corrected chi connectivity index (χ0v) is 17.9. The minimum absolute atomic E-state index is 0.00621. The van der Waals surface area contributed by atoms with Crippen LogP contribution >= 0.6 is 35.6 Å². The van der Waals surface area contributed by atoms with Crippen LogP contribution < -0.4 is 0 Å². The Labute approximate surface area is 186 Å². The number of halogens is 1. The van der Waals surface area contributed by atoms with Crippen molar-refractivity contribution in [1.82, 2.24) is 10.1 Å². The molecular formula is C21H15ClN2O4S2. The van der Waals surface area contributed by atoms with Crippen molar-refractivity contribution in [3.05, 3.63) is 58.0 Å². The Kier molecular flexibility index (Phi) is 5.90. The lowest BCUT2D eigenvalue weighted by atomic mass is 10.1. The van der Waals surface area contributed by atoms with Crippen LogP contribution in [0.25, 0.3) is 28.3 Å². The summed E-state index contributed by atoms with van der Waals surface area (Å²) in [5.74, 6) is -0.480. The number of hydrogen-bond acceptors (Lipinski definition) is 6. The minimum atomic E-state index is -0.894. The molecule has 0 saturated carbocycles. The maximum absolute atomic E-state index is 12.7. The molecule has 6 nitrogen and oxygen atoms in total. The summed E-state index contributed by atoms with van der Waals surface area (Å²) >= 11 is 12.5. The molecule has 1 amide bonds. The Bertz CT molecular complexity index is 1190. The van der Waals surface area contributed by atoms with E-state index in [2.05, 4.69) is 5.16 Å². The Hall–Kier alpha value is -2.68. The van der Waals surface area contributed by atoms with Crippen LogP contribution in [0, 0.1) is 0 Å². The minimum Gasteiger partial charge on any atom is -0.481 e. The Balaban J connectivity index is 1.60. The van der Waals surface area contributed by atoms with Gasteiger partial charge in [0.2, 0.25) is 0 Å². The maximum atomic E-state index is 12.7. The average Bonchev–Trinajstić information content (AvgIpc) is 3.24. The van der Waals surface area contributed by atoms with Gasteiger partial charge in [-0.3, -0.25) is 14.5 Å². The smallest absolute Gasteiger partial charge is 0.303 e. The fraction of sp³-hybridized carbons (Fsp3) is 0.143. The largest absolute Gasteiger partial charge is 0.481 e. The number of nitrogens with zero attached hydrogens (tertiary/aromatic N) is 2. The summed E-state index contributed by atoms with van der Waals surface area (Å²) in [4.78, 5) is 25.3. The standard InChI is InChI=1S/C21H15ClN2O4S2/c22-14-6-4-13(5-7-14)19-15-10-12(3-8-16(15)23-28-19)11-17-20(27)24(21(29)30-17)9-1-2-18(25)26/h3-8,10-11H,1-2,9H2,(H,25,26)/b17-11+. The van der Waals surface area contributed by atoms with E-state index < -0.39 is 5.97 Å². The summed E-state index contributed by atoms with van der Waals surface area (Å²) in [6.45, 7) is 0.291. The highest BCUT2D eigenvalue weighted by molar-refractivity contribution is 8.26. The average molecular weight is 459 g/mol. The van der Waals surface area contributed by atoms with E-state index in [9.17, 15) is 9.59 Å². The summed E-state index contributed by atoms with van der Waals surface area (Å²) in [5.41, 5.74) is 2.37. The molecule has 2 heterocycles. The number of aromatic nitrogens is 1. The van der Waals surface area contributed by atoms with Crippen LogP contribution in [0.15, 0.2) is 51.9 Å². The van der Waals surface area contributed by atoms with Gasteiger partial charge in [-0.1, -0.05) is 46.8 Å². The van der Waals surface area contributed by atoms with Crippen LogP contribution in [0.5, 0.6) is 0 Å². The maximum Gasteiger partial charge on any atom is 0.303 e. The molecule has 152 valence electrons. The van der Waals surface area contributed by atoms with Crippen LogP contribution in [0.2, 0.25) is 5.02 Å². The summed E-state index contributed by atoms with van der Waals surface area (Å²) < 4.78 is 5.96. The lowest BCUT2D eigenvalue weighted by Crippen LogP contribution is -2.29. The molecule has 0 bridgehead atoms. The summed E-state index contributed by atoms with van der Waals surface area (Å²) in [6, 6.07) is 12.9. The first-order chi connectivity index (χ1) is 14.4. The zero-order valence-electron chi connectivity index (χ0n) is 15.5. The second kappa shape index (κ2) is 8.59. The molecule has 0 aliphatic carbocycles. The lowest BCUT2D eigenvalue weighted by Gasteiger charge is -2.13. The number of amides is 1. The molecule has 4 rings (SSSR count). The van der Waals surface area contributed by atoms with Crippen LogP contribution in [0.1, 0.15) is 18.4 Å². The second-order valence-electron chi connectivity index (χ2n) is 6.63. The number of fused-ring (bicyclic) bond motifs is 1. The predicted molar refractivity (Wildman–Crippen MR) is 121 cm³/mol. The van der Waals surface area contributed by atoms with Gasteiger partial charge < -0.3 is 9.63 Å². The van der Waals surface area contributed by atoms with Crippen molar-refractivity contribution in [3.63, 3.8) is 0 Å². The van der Waals surface area contributed by atoms with Gasteiger partial charge in [0.25, 0.3) is 5.91 Å². The number of hydrogen-bond donors (Lipinski definition) is 1. The van der Waals surface area contributed by atoms with E-state index in [1.807, 2.05) is 30.3 Å². The molecule has 9 heteroatoms. The van der Waals surface area contributed by atoms with Gasteiger partial charge >= 0.3 is 5.97 Å². The van der Waals surface area contributed by atoms with Crippen molar-refractivity contribution >= 4 is 68.8 Å². The van der Waals surface area contributed by atoms with Gasteiger partial charge in [0.05, 0.1) is 10.3 Å². The van der Waals surface area contributed by atoms with Gasteiger partial charge in [-0.25, -0.2) is 0 Å². The molecule has 0 spiro atoms. The molecule has 30 heavy (non-hydrogen) atoms. The molecule has 1 aliphatic heterocycles. The molecule has 1 aromatic heterocycles. The Morgan fingerprint density at radius 2 is 2.03 bits per heavy atom. The Morgan fingerprint density at radius 3 is 2.77 bits per heavy atom. The summed E-state index contributed by atoms with van der Waals surface area (Å²) in [5, 5.41) is 14.3. The van der Waals surface area contributed by atoms with Crippen molar-refractivity contribution in [2.75, 3.05) is 6.54 Å². The number of carboxylic acid groups (broad SMARTS) is 1. The molecule has 1 fully saturated rings. The Morgan fingerprint density at radius 1 is 1.27 bits per heavy atom. The van der Waals surface area contributed by atoms with Gasteiger partial charge in [-0.15, -0.1) is 0 Å². The fourth-order valence-electron chi connectivity index (χ4n) is 3.09. The highest BCUT2D eigenvalue weighted by atomic mass is 35.5. The number of carboxylic acids is 1. The van der Waals surface area contributed by atoms with Crippen LogP contribution in [-0.4, -0.2) is 37.9 Å². The molecule has 0 unspecified atom stereocenters. The highest BCUT2D eigenvalue weighted by Crippen LogP contribution is 2.34. The van der Waals surface area contributed by atoms with Crippen molar-refractivity contribution in [3.8, 4) is 11.3 Å². The fourth-order valence-corrected chi connectivity index (χ4v) is 4.53. The first-order valence-corrected chi connectivity index (χ1v) is 10.6. The van der Waals surface area contributed by atoms with Gasteiger partial charge in [0.15, 0.2) is 5.76 Å². The molecule has 0 radical (unpaired) electrons. The first kappa shape index (κ1) is 20.6. The van der Waals surface area contributed by atoms with Crippen LogP contribution in [0.4, 0.5) is 0 Å². The lowest BCUT2D eigenvalue weighted by molar-refractivity contribution is -0.137. The predicted octanol–water partition coefficient (Wildman–Crippen LogP) is 5.21. The number of aliphatic carboxylic acids is 1.